The van der Waals surface area contributed by atoms with Gasteiger partial charge in [0.15, 0.2) is 0 Å². The number of rotatable bonds is 7. The number of amides is 1. The number of nitrogens with zero attached hydrogens (tertiary/aromatic N) is 1. The van der Waals surface area contributed by atoms with E-state index < -0.39 is 0 Å². The van der Waals surface area contributed by atoms with Crippen molar-refractivity contribution in [3.05, 3.63) is 0 Å². The molecule has 1 atom stereocenters. The number of unbranched alkanes of at least 4 members (excludes halogenated alkanes) is 2. The Bertz CT molecular complexity index is 226. The molecule has 0 aromatic rings. The summed E-state index contributed by atoms with van der Waals surface area (Å²) in [7, 11) is 0. The Morgan fingerprint density at radius 2 is 2.29 bits per heavy atom. The lowest BCUT2D eigenvalue weighted by atomic mass is 10.1. The Balaban J connectivity index is 2.00. The van der Waals surface area contributed by atoms with Crippen LogP contribution in [0.2, 0.25) is 0 Å². The van der Waals surface area contributed by atoms with Crippen LogP contribution < -0.4 is 11.3 Å². The van der Waals surface area contributed by atoms with E-state index in [1.807, 2.05) is 0 Å². The first-order valence-electron chi connectivity index (χ1n) is 6.20. The topological polar surface area (TPSA) is 87.8 Å². The van der Waals surface area contributed by atoms with Gasteiger partial charge >= 0.3 is 0 Å². The highest BCUT2D eigenvalue weighted by Gasteiger charge is 2.18. The number of hydrogen-bond donors (Lipinski definition) is 3. The zero-order valence-electron chi connectivity index (χ0n) is 10.2. The van der Waals surface area contributed by atoms with E-state index in [9.17, 15) is 4.79 Å². The predicted molar refractivity (Wildman–Crippen MR) is 64.1 cm³/mol. The van der Waals surface area contributed by atoms with Crippen LogP contribution >= 0.6 is 0 Å². The van der Waals surface area contributed by atoms with E-state index in [0.29, 0.717) is 13.0 Å². The molecule has 1 saturated heterocycles. The van der Waals surface area contributed by atoms with E-state index in [1.165, 1.54) is 0 Å². The first-order chi connectivity index (χ1) is 8.26. The molecule has 0 saturated carbocycles. The van der Waals surface area contributed by atoms with Crippen LogP contribution in [-0.2, 0) is 9.53 Å². The molecule has 0 aromatic heterocycles. The molecule has 0 aromatic carbocycles. The number of morpholine rings is 1. The molecule has 6 heteroatoms. The van der Waals surface area contributed by atoms with E-state index in [-0.39, 0.29) is 18.6 Å². The van der Waals surface area contributed by atoms with E-state index >= 15 is 0 Å². The summed E-state index contributed by atoms with van der Waals surface area (Å²) in [5.41, 5.74) is 2.12. The van der Waals surface area contributed by atoms with Crippen molar-refractivity contribution in [3.63, 3.8) is 0 Å². The molecule has 6 nitrogen and oxygen atoms in total. The molecule has 0 aliphatic carbocycles. The number of carbonyl (C=O) groups is 1. The number of nitrogens with one attached hydrogen (secondary N) is 1. The second-order valence-corrected chi connectivity index (χ2v) is 4.35. The summed E-state index contributed by atoms with van der Waals surface area (Å²) in [6.45, 7) is 3.53. The fraction of sp³-hybridized carbons (Fsp3) is 0.909. The van der Waals surface area contributed by atoms with Crippen LogP contribution in [0.4, 0.5) is 0 Å². The zero-order chi connectivity index (χ0) is 12.5. The molecule has 0 bridgehead atoms. The van der Waals surface area contributed by atoms with Gasteiger partial charge < -0.3 is 9.84 Å². The monoisotopic (exact) mass is 245 g/mol. The first-order valence-corrected chi connectivity index (χ1v) is 6.20. The molecule has 1 fully saturated rings. The molecular formula is C11H23N3O3. The van der Waals surface area contributed by atoms with Crippen molar-refractivity contribution in [2.75, 3.05) is 32.8 Å². The summed E-state index contributed by atoms with van der Waals surface area (Å²) in [5, 5.41) is 9.00. The number of carbonyl (C=O) groups excluding carboxylic acids is 1. The first kappa shape index (κ1) is 14.4. The number of ether oxygens (including phenoxy) is 1. The normalized spacial score (nSPS) is 21.4. The van der Waals surface area contributed by atoms with E-state index in [2.05, 4.69) is 10.3 Å². The minimum Gasteiger partial charge on any atom is -0.394 e. The number of hydrogen-bond acceptors (Lipinski definition) is 5. The largest absolute Gasteiger partial charge is 0.394 e. The molecule has 1 heterocycles. The Morgan fingerprint density at radius 1 is 1.47 bits per heavy atom. The molecule has 1 aliphatic rings. The fourth-order valence-corrected chi connectivity index (χ4v) is 1.96. The van der Waals surface area contributed by atoms with E-state index in [4.69, 9.17) is 15.7 Å². The van der Waals surface area contributed by atoms with Crippen molar-refractivity contribution >= 4 is 5.91 Å². The highest BCUT2D eigenvalue weighted by molar-refractivity contribution is 5.74. The van der Waals surface area contributed by atoms with Crippen LogP contribution in [0.25, 0.3) is 0 Å². The fourth-order valence-electron chi connectivity index (χ4n) is 1.96. The van der Waals surface area contributed by atoms with Gasteiger partial charge in [-0.25, -0.2) is 5.84 Å². The zero-order valence-corrected chi connectivity index (χ0v) is 10.2. The average Bonchev–Trinajstić information content (AvgIpc) is 2.38. The molecular weight excluding hydrogens is 222 g/mol. The van der Waals surface area contributed by atoms with Crippen LogP contribution in [0, 0.1) is 0 Å². The standard InChI is InChI=1S/C11H23N3O3/c12-13-11(16)4-2-1-3-5-14-6-7-17-10(8-14)9-15/h10,15H,1-9,12H2,(H,13,16). The second kappa shape index (κ2) is 8.41. The van der Waals surface area contributed by atoms with Crippen molar-refractivity contribution in [1.29, 1.82) is 0 Å². The van der Waals surface area contributed by atoms with Gasteiger partial charge in [-0.3, -0.25) is 15.1 Å². The molecule has 1 rings (SSSR count). The number of hydrazine groups is 1. The summed E-state index contributed by atoms with van der Waals surface area (Å²) in [4.78, 5) is 13.2. The summed E-state index contributed by atoms with van der Waals surface area (Å²) < 4.78 is 5.37. The van der Waals surface area contributed by atoms with Crippen molar-refractivity contribution in [2.45, 2.75) is 31.8 Å². The Hall–Kier alpha value is -0.690. The van der Waals surface area contributed by atoms with E-state index in [1.54, 1.807) is 0 Å². The van der Waals surface area contributed by atoms with Gasteiger partial charge in [-0.15, -0.1) is 0 Å². The molecule has 100 valence electrons. The van der Waals surface area contributed by atoms with Crippen LogP contribution in [0.3, 0.4) is 0 Å². The molecule has 17 heavy (non-hydrogen) atoms. The average molecular weight is 245 g/mol. The van der Waals surface area contributed by atoms with Gasteiger partial charge in [-0.1, -0.05) is 6.42 Å². The lowest BCUT2D eigenvalue weighted by molar-refractivity contribution is -0.121. The van der Waals surface area contributed by atoms with Gasteiger partial charge in [0.05, 0.1) is 19.3 Å². The van der Waals surface area contributed by atoms with Gasteiger partial charge in [-0.05, 0) is 19.4 Å². The number of nitrogens with two attached hydrogens (primary N) is 1. The lowest BCUT2D eigenvalue weighted by Crippen LogP contribution is -2.44. The van der Waals surface area contributed by atoms with Crippen molar-refractivity contribution in [2.24, 2.45) is 5.84 Å². The quantitative estimate of drug-likeness (QED) is 0.237. The molecule has 0 spiro atoms. The van der Waals surface area contributed by atoms with Crippen molar-refractivity contribution in [1.82, 2.24) is 10.3 Å². The third-order valence-corrected chi connectivity index (χ3v) is 2.97. The molecule has 1 unspecified atom stereocenters. The summed E-state index contributed by atoms with van der Waals surface area (Å²) >= 11 is 0. The van der Waals surface area contributed by atoms with Gasteiger partial charge in [-0.2, -0.15) is 0 Å². The summed E-state index contributed by atoms with van der Waals surface area (Å²) in [6.07, 6.45) is 3.42. The van der Waals surface area contributed by atoms with Gasteiger partial charge in [0.1, 0.15) is 0 Å². The lowest BCUT2D eigenvalue weighted by Gasteiger charge is -2.31. The molecule has 1 aliphatic heterocycles. The van der Waals surface area contributed by atoms with Crippen LogP contribution in [0.15, 0.2) is 0 Å². The smallest absolute Gasteiger partial charge is 0.233 e. The minimum atomic E-state index is -0.100. The second-order valence-electron chi connectivity index (χ2n) is 4.35. The third kappa shape index (κ3) is 5.97. The third-order valence-electron chi connectivity index (χ3n) is 2.97. The van der Waals surface area contributed by atoms with E-state index in [0.717, 1.165) is 38.9 Å². The molecule has 0 radical (unpaired) electrons. The number of aliphatic hydroxyl groups is 1. The van der Waals surface area contributed by atoms with Crippen molar-refractivity contribution in [3.8, 4) is 0 Å². The maximum absolute atomic E-state index is 10.9. The maximum atomic E-state index is 10.9. The Labute approximate surface area is 102 Å². The highest BCUT2D eigenvalue weighted by Crippen LogP contribution is 2.07. The summed E-state index contributed by atoms with van der Waals surface area (Å²) in [6, 6.07) is 0. The minimum absolute atomic E-state index is 0.0354. The van der Waals surface area contributed by atoms with Crippen molar-refractivity contribution < 1.29 is 14.6 Å². The van der Waals surface area contributed by atoms with Gasteiger partial charge in [0, 0.05) is 19.5 Å². The number of aliphatic hydroxyl groups excluding tert-OH is 1. The Morgan fingerprint density at radius 3 is 3.00 bits per heavy atom. The maximum Gasteiger partial charge on any atom is 0.233 e. The van der Waals surface area contributed by atoms with Crippen LogP contribution in [0.5, 0.6) is 0 Å². The van der Waals surface area contributed by atoms with Gasteiger partial charge in [0.2, 0.25) is 5.91 Å². The molecule has 1 amide bonds. The summed E-state index contributed by atoms with van der Waals surface area (Å²) in [5.74, 6) is 4.89. The predicted octanol–water partition coefficient (Wildman–Crippen LogP) is -0.770. The SMILES string of the molecule is NNC(=O)CCCCCN1CCOC(CO)C1. The van der Waals surface area contributed by atoms with Crippen LogP contribution in [0.1, 0.15) is 25.7 Å². The van der Waals surface area contributed by atoms with Crippen LogP contribution in [-0.4, -0.2) is 54.9 Å². The van der Waals surface area contributed by atoms with Gasteiger partial charge in [0.25, 0.3) is 0 Å². The molecule has 4 N–H and O–H groups in total. The Kier molecular flexibility index (Phi) is 7.11. The highest BCUT2D eigenvalue weighted by atomic mass is 16.5.